The summed E-state index contributed by atoms with van der Waals surface area (Å²) in [5, 5.41) is 5.17. The van der Waals surface area contributed by atoms with Gasteiger partial charge in [0.25, 0.3) is 9.70 Å². The van der Waals surface area contributed by atoms with Crippen molar-refractivity contribution < 1.29 is 23.5 Å². The van der Waals surface area contributed by atoms with Gasteiger partial charge in [0.1, 0.15) is 12.3 Å². The Labute approximate surface area is 247 Å². The maximum absolute atomic E-state index is 15.3. The van der Waals surface area contributed by atoms with E-state index in [1.807, 2.05) is 4.90 Å². The summed E-state index contributed by atoms with van der Waals surface area (Å²) in [4.78, 5) is 40.3. The van der Waals surface area contributed by atoms with Crippen LogP contribution in [0.1, 0.15) is 6.92 Å². The average Bonchev–Trinajstić information content (AvgIpc) is 3.15. The SMILES string of the molecule is CC(=O)NCC1CN(c2ccc(N3CCN(C(NC(=O)C(Cl)(Cl)Cl)C(Br)(Br)Br)C(F)C3)cc2)C(=O)O1. The second-order valence-corrected chi connectivity index (χ2v) is 17.3. The van der Waals surface area contributed by atoms with E-state index in [9.17, 15) is 14.4 Å². The molecule has 3 rings (SSSR count). The van der Waals surface area contributed by atoms with Crippen molar-refractivity contribution in [2.24, 2.45) is 0 Å². The number of carbonyl (C=O) groups is 3. The highest BCUT2D eigenvalue weighted by atomic mass is 80.0. The number of ether oxygens (including phenoxy) is 1. The van der Waals surface area contributed by atoms with Crippen molar-refractivity contribution in [1.29, 1.82) is 0 Å². The molecule has 0 aromatic heterocycles. The summed E-state index contributed by atoms with van der Waals surface area (Å²) < 4.78 is 17.3. The van der Waals surface area contributed by atoms with E-state index in [0.717, 1.165) is 5.69 Å². The van der Waals surface area contributed by atoms with Crippen molar-refractivity contribution in [3.8, 4) is 0 Å². The summed E-state index contributed by atoms with van der Waals surface area (Å²) in [6.45, 7) is 2.62. The minimum Gasteiger partial charge on any atom is -0.442 e. The van der Waals surface area contributed by atoms with Gasteiger partial charge in [0, 0.05) is 31.4 Å². The largest absolute Gasteiger partial charge is 0.442 e. The van der Waals surface area contributed by atoms with Gasteiger partial charge < -0.3 is 20.3 Å². The number of amides is 3. The Morgan fingerprint density at radius 3 is 2.28 bits per heavy atom. The van der Waals surface area contributed by atoms with Gasteiger partial charge in [0.2, 0.25) is 5.91 Å². The Bertz CT molecular complexity index is 983. The van der Waals surface area contributed by atoms with Crippen LogP contribution in [0.2, 0.25) is 0 Å². The molecule has 0 spiro atoms. The highest BCUT2D eigenvalue weighted by Gasteiger charge is 2.45. The van der Waals surface area contributed by atoms with Crippen LogP contribution in [0.3, 0.4) is 0 Å². The summed E-state index contributed by atoms with van der Waals surface area (Å²) in [5.74, 6) is -1.10. The number of carbonyl (C=O) groups excluding carboxylic acids is 3. The molecule has 3 unspecified atom stereocenters. The number of halogens is 7. The average molecular weight is 761 g/mol. The molecule has 2 saturated heterocycles. The fourth-order valence-electron chi connectivity index (χ4n) is 3.78. The lowest BCUT2D eigenvalue weighted by Gasteiger charge is -2.45. The van der Waals surface area contributed by atoms with Crippen molar-refractivity contribution in [1.82, 2.24) is 15.5 Å². The summed E-state index contributed by atoms with van der Waals surface area (Å²) in [6.07, 6.45) is -3.36. The molecular weight excluding hydrogens is 739 g/mol. The number of rotatable bonds is 6. The van der Waals surface area contributed by atoms with Gasteiger partial charge >= 0.3 is 6.09 Å². The summed E-state index contributed by atoms with van der Waals surface area (Å²) in [5.41, 5.74) is 1.38. The number of cyclic esters (lactones) is 1. The van der Waals surface area contributed by atoms with Crippen LogP contribution in [-0.2, 0) is 14.3 Å². The van der Waals surface area contributed by atoms with Gasteiger partial charge in [-0.3, -0.25) is 14.5 Å². The first-order valence-corrected chi connectivity index (χ1v) is 14.1. The number of piperazine rings is 1. The first kappa shape index (κ1) is 30.0. The Morgan fingerprint density at radius 2 is 1.75 bits per heavy atom. The molecule has 200 valence electrons. The van der Waals surface area contributed by atoms with E-state index in [4.69, 9.17) is 39.5 Å². The number of hydrogen-bond acceptors (Lipinski definition) is 6. The van der Waals surface area contributed by atoms with Gasteiger partial charge in [-0.15, -0.1) is 0 Å². The number of hydrogen-bond donors (Lipinski definition) is 2. The molecule has 9 nitrogen and oxygen atoms in total. The molecule has 36 heavy (non-hydrogen) atoms. The second-order valence-electron chi connectivity index (χ2n) is 8.10. The summed E-state index contributed by atoms with van der Waals surface area (Å²) in [6, 6.07) is 7.08. The molecule has 16 heteroatoms. The fraction of sp³-hybridized carbons (Fsp3) is 0.550. The van der Waals surface area contributed by atoms with Gasteiger partial charge in [0.05, 0.1) is 19.6 Å². The number of benzene rings is 1. The zero-order valence-corrected chi connectivity index (χ0v) is 25.7. The molecule has 2 N–H and O–H groups in total. The lowest BCUT2D eigenvalue weighted by Crippen LogP contribution is -2.64. The lowest BCUT2D eigenvalue weighted by atomic mass is 10.2. The molecule has 0 bridgehead atoms. The van der Waals surface area contributed by atoms with Crippen LogP contribution in [0.4, 0.5) is 20.6 Å². The summed E-state index contributed by atoms with van der Waals surface area (Å²) >= 11 is 27.0. The van der Waals surface area contributed by atoms with Crippen LogP contribution in [0, 0.1) is 0 Å². The zero-order valence-electron chi connectivity index (χ0n) is 18.7. The topological polar surface area (TPSA) is 94.2 Å². The Hall–Kier alpha value is -0.570. The maximum Gasteiger partial charge on any atom is 0.414 e. The van der Waals surface area contributed by atoms with Crippen molar-refractivity contribution in [2.75, 3.05) is 42.5 Å². The molecule has 1 aromatic carbocycles. The molecule has 2 heterocycles. The van der Waals surface area contributed by atoms with Crippen molar-refractivity contribution >= 4 is 112 Å². The maximum atomic E-state index is 15.3. The van der Waals surface area contributed by atoms with Crippen LogP contribution < -0.4 is 20.4 Å². The van der Waals surface area contributed by atoms with Crippen LogP contribution in [-0.4, -0.2) is 80.0 Å². The second kappa shape index (κ2) is 12.1. The molecule has 2 fully saturated rings. The smallest absolute Gasteiger partial charge is 0.414 e. The molecular formula is C20H22Br3Cl3FN5O4. The Morgan fingerprint density at radius 1 is 1.14 bits per heavy atom. The Balaban J connectivity index is 1.64. The van der Waals surface area contributed by atoms with E-state index in [2.05, 4.69) is 58.4 Å². The number of anilines is 2. The highest BCUT2D eigenvalue weighted by Crippen LogP contribution is 2.41. The van der Waals surface area contributed by atoms with E-state index in [1.54, 1.807) is 24.3 Å². The quantitative estimate of drug-likeness (QED) is 0.334. The van der Waals surface area contributed by atoms with E-state index in [1.165, 1.54) is 16.7 Å². The van der Waals surface area contributed by atoms with Crippen LogP contribution in [0.25, 0.3) is 0 Å². The molecule has 2 aliphatic rings. The molecule has 3 atom stereocenters. The lowest BCUT2D eigenvalue weighted by molar-refractivity contribution is -0.123. The third-order valence-corrected chi connectivity index (χ3v) is 7.32. The van der Waals surface area contributed by atoms with Crippen LogP contribution in [0.15, 0.2) is 24.3 Å². The van der Waals surface area contributed by atoms with E-state index >= 15 is 4.39 Å². The third-order valence-electron chi connectivity index (χ3n) is 5.51. The minimum atomic E-state index is -2.21. The zero-order chi connectivity index (χ0) is 26.8. The first-order chi connectivity index (χ1) is 16.7. The normalized spacial score (nSPS) is 22.3. The highest BCUT2D eigenvalue weighted by molar-refractivity contribution is 9.39. The van der Waals surface area contributed by atoms with E-state index in [0.29, 0.717) is 18.8 Å². The summed E-state index contributed by atoms with van der Waals surface area (Å²) in [7, 11) is 0. The van der Waals surface area contributed by atoms with Gasteiger partial charge in [-0.05, 0) is 24.3 Å². The van der Waals surface area contributed by atoms with Crippen molar-refractivity contribution in [3.63, 3.8) is 0 Å². The van der Waals surface area contributed by atoms with Gasteiger partial charge in [0.15, 0.2) is 8.44 Å². The van der Waals surface area contributed by atoms with Crippen LogP contribution >= 0.6 is 82.6 Å². The van der Waals surface area contributed by atoms with Crippen molar-refractivity contribution in [3.05, 3.63) is 24.3 Å². The van der Waals surface area contributed by atoms with Gasteiger partial charge in [-0.1, -0.05) is 82.6 Å². The van der Waals surface area contributed by atoms with Gasteiger partial charge in [-0.2, -0.15) is 0 Å². The number of alkyl halides is 7. The molecule has 2 aliphatic heterocycles. The first-order valence-electron chi connectivity index (χ1n) is 10.6. The standard InChI is InChI=1S/C20H22Br3Cl3FN5O4/c1-11(33)28-8-14-9-32(18(35)36-14)13-4-2-12(3-5-13)30-6-7-31(15(27)10-30)16(19(21,22)23)29-17(34)20(24,25)26/h2-5,14-16H,6-10H2,1H3,(H,28,33)(H,29,34). The Kier molecular flexibility index (Phi) is 10.1. The monoisotopic (exact) mass is 757 g/mol. The molecule has 3 amide bonds. The fourth-order valence-corrected chi connectivity index (χ4v) is 5.07. The van der Waals surface area contributed by atoms with E-state index < -0.39 is 36.5 Å². The number of nitrogens with one attached hydrogen (secondary N) is 2. The minimum absolute atomic E-state index is 0.00705. The molecule has 0 saturated carbocycles. The molecule has 0 radical (unpaired) electrons. The third kappa shape index (κ3) is 7.73. The number of nitrogens with zero attached hydrogens (tertiary/aromatic N) is 3. The van der Waals surface area contributed by atoms with Gasteiger partial charge in [-0.25, -0.2) is 14.1 Å². The molecule has 1 aromatic rings. The predicted molar refractivity (Wildman–Crippen MR) is 148 cm³/mol. The van der Waals surface area contributed by atoms with Crippen molar-refractivity contribution in [2.45, 2.75) is 31.4 Å². The molecule has 0 aliphatic carbocycles. The predicted octanol–water partition coefficient (Wildman–Crippen LogP) is 4.22. The van der Waals surface area contributed by atoms with E-state index in [-0.39, 0.29) is 25.5 Å². The van der Waals surface area contributed by atoms with Crippen LogP contribution in [0.5, 0.6) is 0 Å².